The Kier molecular flexibility index (Phi) is 1.20. The topological polar surface area (TPSA) is 21.3 Å². The van der Waals surface area contributed by atoms with Crippen molar-refractivity contribution >= 4 is 0 Å². The number of methoxy groups -OCH3 is 1. The van der Waals surface area contributed by atoms with Crippen LogP contribution in [0.15, 0.2) is 12.0 Å². The van der Waals surface area contributed by atoms with Gasteiger partial charge in [0.25, 0.3) is 0 Å². The summed E-state index contributed by atoms with van der Waals surface area (Å²) in [6.45, 7) is 1.03. The van der Waals surface area contributed by atoms with Crippen molar-refractivity contribution in [2.75, 3.05) is 13.7 Å². The molecule has 0 radical (unpaired) electrons. The number of rotatable bonds is 1. The molecule has 0 aromatic rings. The number of nitrogens with one attached hydrogen (secondary N) is 1. The molecule has 1 N–H and O–H groups in total. The van der Waals surface area contributed by atoms with Crippen LogP contribution in [0.25, 0.3) is 0 Å². The first kappa shape index (κ1) is 4.50. The lowest BCUT2D eigenvalue weighted by Gasteiger charge is -1.97. The van der Waals surface area contributed by atoms with Gasteiger partial charge in [-0.05, 0) is 12.5 Å². The lowest BCUT2D eigenvalue weighted by atomic mass is 10.5. The maximum absolute atomic E-state index is 4.86. The Hall–Kier alpha value is -0.660. The SMILES string of the molecule is COC1=CCCN1. The number of hydrogen-bond donors (Lipinski definition) is 1. The number of ether oxygens (including phenoxy) is 1. The van der Waals surface area contributed by atoms with E-state index in [-0.39, 0.29) is 0 Å². The van der Waals surface area contributed by atoms with Gasteiger partial charge in [-0.25, -0.2) is 0 Å². The molecule has 0 aromatic heterocycles. The van der Waals surface area contributed by atoms with Gasteiger partial charge in [-0.15, -0.1) is 0 Å². The third-order valence-corrected chi connectivity index (χ3v) is 0.993. The van der Waals surface area contributed by atoms with Crippen LogP contribution in [-0.4, -0.2) is 13.7 Å². The van der Waals surface area contributed by atoms with Crippen LogP contribution in [0.1, 0.15) is 6.42 Å². The summed E-state index contributed by atoms with van der Waals surface area (Å²) in [5.41, 5.74) is 0. The van der Waals surface area contributed by atoms with Crippen molar-refractivity contribution in [2.24, 2.45) is 0 Å². The van der Waals surface area contributed by atoms with Gasteiger partial charge in [-0.3, -0.25) is 0 Å². The molecule has 0 spiro atoms. The van der Waals surface area contributed by atoms with Crippen molar-refractivity contribution in [2.45, 2.75) is 6.42 Å². The van der Waals surface area contributed by atoms with Crippen molar-refractivity contribution in [3.05, 3.63) is 12.0 Å². The van der Waals surface area contributed by atoms with E-state index in [9.17, 15) is 0 Å². The minimum atomic E-state index is 0.917. The largest absolute Gasteiger partial charge is 0.483 e. The van der Waals surface area contributed by atoms with Crippen LogP contribution in [0.2, 0.25) is 0 Å². The average Bonchev–Trinajstić information content (AvgIpc) is 2.14. The summed E-state index contributed by atoms with van der Waals surface area (Å²) >= 11 is 0. The Morgan fingerprint density at radius 2 is 2.71 bits per heavy atom. The molecular weight excluding hydrogens is 90.1 g/mol. The van der Waals surface area contributed by atoms with E-state index >= 15 is 0 Å². The molecule has 2 heteroatoms. The molecule has 0 bridgehead atoms. The molecule has 7 heavy (non-hydrogen) atoms. The molecule has 0 aromatic carbocycles. The molecule has 0 fully saturated rings. The molecule has 1 aliphatic rings. The predicted molar refractivity (Wildman–Crippen MR) is 27.7 cm³/mol. The van der Waals surface area contributed by atoms with Gasteiger partial charge in [0.2, 0.25) is 0 Å². The van der Waals surface area contributed by atoms with Gasteiger partial charge in [0, 0.05) is 6.54 Å². The molecule has 0 unspecified atom stereocenters. The van der Waals surface area contributed by atoms with Crippen molar-refractivity contribution in [3.63, 3.8) is 0 Å². The molecule has 1 heterocycles. The zero-order valence-electron chi connectivity index (χ0n) is 4.40. The average molecular weight is 99.1 g/mol. The van der Waals surface area contributed by atoms with Crippen molar-refractivity contribution in [3.8, 4) is 0 Å². The van der Waals surface area contributed by atoms with Crippen LogP contribution in [0.5, 0.6) is 0 Å². The highest BCUT2D eigenvalue weighted by Gasteiger charge is 1.98. The van der Waals surface area contributed by atoms with Gasteiger partial charge < -0.3 is 10.1 Å². The zero-order chi connectivity index (χ0) is 5.11. The van der Waals surface area contributed by atoms with E-state index in [4.69, 9.17) is 4.74 Å². The minimum Gasteiger partial charge on any atom is -0.483 e. The summed E-state index contributed by atoms with van der Waals surface area (Å²) in [5, 5.41) is 3.05. The normalized spacial score (nSPS) is 18.1. The van der Waals surface area contributed by atoms with Gasteiger partial charge in [0.05, 0.1) is 7.11 Å². The standard InChI is InChI=1S/C5H9NO/c1-7-5-3-2-4-6-5/h3,6H,2,4H2,1H3. The minimum absolute atomic E-state index is 0.917. The summed E-state index contributed by atoms with van der Waals surface area (Å²) in [5.74, 6) is 0.917. The number of hydrogen-bond acceptors (Lipinski definition) is 2. The maximum atomic E-state index is 4.86. The van der Waals surface area contributed by atoms with E-state index in [1.807, 2.05) is 6.08 Å². The zero-order valence-corrected chi connectivity index (χ0v) is 4.40. The Morgan fingerprint density at radius 3 is 3.00 bits per heavy atom. The third-order valence-electron chi connectivity index (χ3n) is 0.993. The molecule has 0 saturated carbocycles. The monoisotopic (exact) mass is 99.1 g/mol. The fourth-order valence-corrected chi connectivity index (χ4v) is 0.626. The predicted octanol–water partition coefficient (Wildman–Crippen LogP) is 0.467. The summed E-state index contributed by atoms with van der Waals surface area (Å²) < 4.78 is 4.86. The Morgan fingerprint density at radius 1 is 1.86 bits per heavy atom. The smallest absolute Gasteiger partial charge is 0.182 e. The van der Waals surface area contributed by atoms with Crippen molar-refractivity contribution < 1.29 is 4.74 Å². The fourth-order valence-electron chi connectivity index (χ4n) is 0.626. The highest BCUT2D eigenvalue weighted by Crippen LogP contribution is 1.98. The molecule has 0 amide bonds. The van der Waals surface area contributed by atoms with Crippen molar-refractivity contribution in [1.29, 1.82) is 0 Å². The first-order valence-corrected chi connectivity index (χ1v) is 2.41. The van der Waals surface area contributed by atoms with Crippen LogP contribution >= 0.6 is 0 Å². The Bertz CT molecular complexity index is 88.1. The first-order valence-electron chi connectivity index (χ1n) is 2.41. The van der Waals surface area contributed by atoms with Crippen molar-refractivity contribution in [1.82, 2.24) is 5.32 Å². The molecule has 2 nitrogen and oxygen atoms in total. The van der Waals surface area contributed by atoms with Gasteiger partial charge >= 0.3 is 0 Å². The second-order valence-electron chi connectivity index (χ2n) is 1.49. The van der Waals surface area contributed by atoms with E-state index < -0.39 is 0 Å². The maximum Gasteiger partial charge on any atom is 0.182 e. The van der Waals surface area contributed by atoms with E-state index in [1.54, 1.807) is 7.11 Å². The highest BCUT2D eigenvalue weighted by atomic mass is 16.5. The quantitative estimate of drug-likeness (QED) is 0.516. The molecule has 1 aliphatic heterocycles. The van der Waals surface area contributed by atoms with E-state index in [0.29, 0.717) is 0 Å². The third kappa shape index (κ3) is 0.856. The summed E-state index contributed by atoms with van der Waals surface area (Å²) in [4.78, 5) is 0. The van der Waals surface area contributed by atoms with Gasteiger partial charge in [-0.1, -0.05) is 0 Å². The van der Waals surface area contributed by atoms with E-state index in [1.165, 1.54) is 0 Å². The molecule has 0 aliphatic carbocycles. The van der Waals surface area contributed by atoms with Gasteiger partial charge in [0.1, 0.15) is 0 Å². The molecular formula is C5H9NO. The van der Waals surface area contributed by atoms with Crippen LogP contribution in [0, 0.1) is 0 Å². The van der Waals surface area contributed by atoms with Crippen LogP contribution in [-0.2, 0) is 4.74 Å². The Balaban J connectivity index is 2.36. The second-order valence-corrected chi connectivity index (χ2v) is 1.49. The van der Waals surface area contributed by atoms with Gasteiger partial charge in [0.15, 0.2) is 5.88 Å². The van der Waals surface area contributed by atoms with Crippen LogP contribution in [0.4, 0.5) is 0 Å². The first-order chi connectivity index (χ1) is 3.43. The summed E-state index contributed by atoms with van der Waals surface area (Å²) in [7, 11) is 1.67. The van der Waals surface area contributed by atoms with Gasteiger partial charge in [-0.2, -0.15) is 0 Å². The Labute approximate surface area is 43.2 Å². The second kappa shape index (κ2) is 1.87. The van der Waals surface area contributed by atoms with E-state index in [0.717, 1.165) is 18.8 Å². The van der Waals surface area contributed by atoms with E-state index in [2.05, 4.69) is 5.32 Å². The molecule has 1 rings (SSSR count). The van der Waals surface area contributed by atoms with Crippen LogP contribution in [0.3, 0.4) is 0 Å². The summed E-state index contributed by atoms with van der Waals surface area (Å²) in [6, 6.07) is 0. The molecule has 40 valence electrons. The lowest BCUT2D eigenvalue weighted by Crippen LogP contribution is -2.07. The lowest BCUT2D eigenvalue weighted by molar-refractivity contribution is 0.270. The summed E-state index contributed by atoms with van der Waals surface area (Å²) in [6.07, 6.45) is 3.14. The fraction of sp³-hybridized carbons (Fsp3) is 0.600. The molecule has 0 atom stereocenters. The van der Waals surface area contributed by atoms with Crippen LogP contribution < -0.4 is 5.32 Å². The highest BCUT2D eigenvalue weighted by molar-refractivity contribution is 4.96. The molecule has 0 saturated heterocycles.